The molecule has 1 aromatic rings. The minimum atomic E-state index is 0. The molecule has 0 saturated carbocycles. The predicted molar refractivity (Wildman–Crippen MR) is 110 cm³/mol. The topological polar surface area (TPSA) is 36.9 Å². The van der Waals surface area contributed by atoms with Crippen LogP contribution < -0.4 is 5.32 Å². The van der Waals surface area contributed by atoms with E-state index in [1.165, 1.54) is 24.0 Å². The van der Waals surface area contributed by atoms with Crippen molar-refractivity contribution >= 4 is 29.9 Å². The first-order chi connectivity index (χ1) is 10.7. The van der Waals surface area contributed by atoms with Crippen molar-refractivity contribution in [3.05, 3.63) is 35.4 Å². The molecule has 0 unspecified atom stereocenters. The molecule has 0 aromatic heterocycles. The molecular formula is C18H32IN3O. The molecule has 0 aliphatic heterocycles. The molecule has 0 radical (unpaired) electrons. The van der Waals surface area contributed by atoms with E-state index in [1.54, 1.807) is 0 Å². The molecule has 1 aromatic carbocycles. The van der Waals surface area contributed by atoms with Gasteiger partial charge >= 0.3 is 0 Å². The molecule has 4 nitrogen and oxygen atoms in total. The average molecular weight is 433 g/mol. The fourth-order valence-corrected chi connectivity index (χ4v) is 2.26. The van der Waals surface area contributed by atoms with Gasteiger partial charge in [-0.2, -0.15) is 0 Å². The molecule has 5 heteroatoms. The highest BCUT2D eigenvalue weighted by Crippen LogP contribution is 2.10. The van der Waals surface area contributed by atoms with Gasteiger partial charge < -0.3 is 15.0 Å². The predicted octanol–water partition coefficient (Wildman–Crippen LogP) is 4.04. The fourth-order valence-electron chi connectivity index (χ4n) is 2.26. The number of aliphatic imine (C=N–C) groups is 1. The molecule has 0 aliphatic rings. The minimum absolute atomic E-state index is 0. The number of nitrogens with one attached hydrogen (secondary N) is 1. The lowest BCUT2D eigenvalue weighted by Crippen LogP contribution is -2.39. The maximum atomic E-state index is 5.67. The number of rotatable bonds is 9. The Hall–Kier alpha value is -0.820. The molecule has 0 saturated heterocycles. The second-order valence-corrected chi connectivity index (χ2v) is 5.50. The van der Waals surface area contributed by atoms with Gasteiger partial charge in [0.25, 0.3) is 0 Å². The lowest BCUT2D eigenvalue weighted by Gasteiger charge is -2.22. The van der Waals surface area contributed by atoms with Gasteiger partial charge in [0.2, 0.25) is 0 Å². The molecular weight excluding hydrogens is 401 g/mol. The second-order valence-electron chi connectivity index (χ2n) is 5.50. The summed E-state index contributed by atoms with van der Waals surface area (Å²) in [6.07, 6.45) is 3.42. The Kier molecular flexibility index (Phi) is 13.1. The number of halogens is 1. The average Bonchev–Trinajstić information content (AvgIpc) is 2.55. The smallest absolute Gasteiger partial charge is 0.193 e. The van der Waals surface area contributed by atoms with Crippen LogP contribution in [-0.2, 0) is 17.9 Å². The van der Waals surface area contributed by atoms with Crippen LogP contribution in [0, 0.1) is 0 Å². The van der Waals surface area contributed by atoms with Crippen LogP contribution in [0.4, 0.5) is 0 Å². The van der Waals surface area contributed by atoms with Gasteiger partial charge in [-0.1, -0.05) is 44.5 Å². The number of ether oxygens (including phenoxy) is 1. The summed E-state index contributed by atoms with van der Waals surface area (Å²) in [7, 11) is 3.92. The van der Waals surface area contributed by atoms with E-state index in [-0.39, 0.29) is 24.0 Å². The number of guanidine groups is 1. The van der Waals surface area contributed by atoms with Gasteiger partial charge in [-0.3, -0.25) is 4.99 Å². The molecule has 1 N–H and O–H groups in total. The van der Waals surface area contributed by atoms with E-state index >= 15 is 0 Å². The second kappa shape index (κ2) is 13.6. The summed E-state index contributed by atoms with van der Waals surface area (Å²) >= 11 is 0. The lowest BCUT2D eigenvalue weighted by molar-refractivity contribution is 0.121. The van der Waals surface area contributed by atoms with Crippen molar-refractivity contribution in [1.29, 1.82) is 0 Å². The van der Waals surface area contributed by atoms with Gasteiger partial charge in [-0.05, 0) is 24.0 Å². The summed E-state index contributed by atoms with van der Waals surface area (Å²) in [4.78, 5) is 6.54. The summed E-state index contributed by atoms with van der Waals surface area (Å²) in [5, 5.41) is 3.45. The Morgan fingerprint density at radius 1 is 1.17 bits per heavy atom. The Morgan fingerprint density at radius 3 is 2.48 bits per heavy atom. The van der Waals surface area contributed by atoms with Crippen LogP contribution in [0.5, 0.6) is 0 Å². The molecule has 23 heavy (non-hydrogen) atoms. The molecule has 0 spiro atoms. The highest BCUT2D eigenvalue weighted by Gasteiger charge is 2.07. The molecule has 0 heterocycles. The molecule has 0 aliphatic carbocycles. The standard InChI is InChI=1S/C18H31N3O.HI/c1-5-7-12-21(4)18(19-3)20-14-16-10-8-9-11-17(16)15-22-13-6-2;/h8-11H,5-7,12-15H2,1-4H3,(H,19,20);1H. The van der Waals surface area contributed by atoms with Crippen LogP contribution in [0.3, 0.4) is 0 Å². The van der Waals surface area contributed by atoms with Crippen molar-refractivity contribution in [2.24, 2.45) is 4.99 Å². The molecule has 0 bridgehead atoms. The highest BCUT2D eigenvalue weighted by atomic mass is 127. The number of benzene rings is 1. The molecule has 132 valence electrons. The van der Waals surface area contributed by atoms with Crippen molar-refractivity contribution in [2.75, 3.05) is 27.2 Å². The lowest BCUT2D eigenvalue weighted by atomic mass is 10.1. The zero-order valence-electron chi connectivity index (χ0n) is 15.0. The van der Waals surface area contributed by atoms with Gasteiger partial charge in [-0.25, -0.2) is 0 Å². The van der Waals surface area contributed by atoms with Crippen molar-refractivity contribution in [2.45, 2.75) is 46.3 Å². The van der Waals surface area contributed by atoms with Crippen LogP contribution in [0.25, 0.3) is 0 Å². The van der Waals surface area contributed by atoms with E-state index in [0.717, 1.165) is 32.1 Å². The Balaban J connectivity index is 0.00000484. The molecule has 0 amide bonds. The number of nitrogens with zero attached hydrogens (tertiary/aromatic N) is 2. The van der Waals surface area contributed by atoms with Gasteiger partial charge in [0, 0.05) is 33.8 Å². The SMILES string of the molecule is CCCCN(C)C(=NC)NCc1ccccc1COCCC.I. The van der Waals surface area contributed by atoms with Crippen molar-refractivity contribution in [3.8, 4) is 0 Å². The first-order valence-electron chi connectivity index (χ1n) is 8.29. The van der Waals surface area contributed by atoms with E-state index < -0.39 is 0 Å². The van der Waals surface area contributed by atoms with Crippen LogP contribution in [-0.4, -0.2) is 38.1 Å². The molecule has 1 rings (SSSR count). The maximum Gasteiger partial charge on any atom is 0.193 e. The fraction of sp³-hybridized carbons (Fsp3) is 0.611. The van der Waals surface area contributed by atoms with Gasteiger partial charge in [-0.15, -0.1) is 24.0 Å². The quantitative estimate of drug-likeness (QED) is 0.277. The van der Waals surface area contributed by atoms with Gasteiger partial charge in [0.05, 0.1) is 6.61 Å². The summed E-state index contributed by atoms with van der Waals surface area (Å²) in [5.74, 6) is 0.942. The molecule has 0 atom stereocenters. The summed E-state index contributed by atoms with van der Waals surface area (Å²) in [5.41, 5.74) is 2.51. The van der Waals surface area contributed by atoms with Crippen molar-refractivity contribution in [1.82, 2.24) is 10.2 Å². The largest absolute Gasteiger partial charge is 0.377 e. The third-order valence-electron chi connectivity index (χ3n) is 3.58. The van der Waals surface area contributed by atoms with E-state index in [2.05, 4.69) is 60.4 Å². The maximum absolute atomic E-state index is 5.67. The number of hydrogen-bond donors (Lipinski definition) is 1. The summed E-state index contributed by atoms with van der Waals surface area (Å²) < 4.78 is 5.67. The van der Waals surface area contributed by atoms with Crippen LogP contribution in [0.15, 0.2) is 29.3 Å². The minimum Gasteiger partial charge on any atom is -0.377 e. The third kappa shape index (κ3) is 8.55. The Morgan fingerprint density at radius 2 is 1.87 bits per heavy atom. The van der Waals surface area contributed by atoms with Crippen LogP contribution in [0.1, 0.15) is 44.2 Å². The van der Waals surface area contributed by atoms with Crippen molar-refractivity contribution in [3.63, 3.8) is 0 Å². The van der Waals surface area contributed by atoms with Crippen LogP contribution in [0.2, 0.25) is 0 Å². The monoisotopic (exact) mass is 433 g/mol. The Labute approximate surface area is 158 Å². The van der Waals surface area contributed by atoms with Crippen LogP contribution >= 0.6 is 24.0 Å². The first kappa shape index (κ1) is 22.2. The van der Waals surface area contributed by atoms with Gasteiger partial charge in [0.1, 0.15) is 0 Å². The van der Waals surface area contributed by atoms with Gasteiger partial charge in [0.15, 0.2) is 5.96 Å². The van der Waals surface area contributed by atoms with E-state index in [0.29, 0.717) is 6.61 Å². The molecule has 0 fully saturated rings. The normalized spacial score (nSPS) is 11.0. The van der Waals surface area contributed by atoms with Crippen molar-refractivity contribution < 1.29 is 4.74 Å². The summed E-state index contributed by atoms with van der Waals surface area (Å²) in [6, 6.07) is 8.42. The van der Waals surface area contributed by atoms with E-state index in [4.69, 9.17) is 4.74 Å². The first-order valence-corrected chi connectivity index (χ1v) is 8.29. The van der Waals surface area contributed by atoms with E-state index in [1.807, 2.05) is 7.05 Å². The number of hydrogen-bond acceptors (Lipinski definition) is 2. The zero-order chi connectivity index (χ0) is 16.2. The van der Waals surface area contributed by atoms with E-state index in [9.17, 15) is 0 Å². The zero-order valence-corrected chi connectivity index (χ0v) is 17.3. The number of unbranched alkanes of at least 4 members (excludes halogenated alkanes) is 1. The Bertz CT molecular complexity index is 452. The third-order valence-corrected chi connectivity index (χ3v) is 3.58. The highest BCUT2D eigenvalue weighted by molar-refractivity contribution is 14.0. The summed E-state index contributed by atoms with van der Waals surface area (Å²) in [6.45, 7) is 7.62.